The monoisotopic (exact) mass is 275 g/mol. The van der Waals surface area contributed by atoms with Gasteiger partial charge in [-0.1, -0.05) is 18.5 Å². The SMILES string of the molecule is CC1CC1CNCc1cc(Cl)ccc1OC(F)F. The standard InChI is InChI=1S/C13H16ClF2NO/c1-8-4-9(8)6-17-7-10-5-11(14)2-3-12(10)18-13(15)16/h2-3,5,8-9,13,17H,4,6-7H2,1H3. The molecule has 2 atom stereocenters. The molecule has 1 aliphatic carbocycles. The number of alkyl halides is 2. The van der Waals surface area contributed by atoms with E-state index < -0.39 is 6.61 Å². The Balaban J connectivity index is 1.93. The molecule has 5 heteroatoms. The van der Waals surface area contributed by atoms with Gasteiger partial charge in [0.05, 0.1) is 0 Å². The number of benzene rings is 1. The summed E-state index contributed by atoms with van der Waals surface area (Å²) in [5.74, 6) is 1.67. The number of hydrogen-bond donors (Lipinski definition) is 1. The maximum Gasteiger partial charge on any atom is 0.387 e. The van der Waals surface area contributed by atoms with Crippen molar-refractivity contribution in [3.63, 3.8) is 0 Å². The summed E-state index contributed by atoms with van der Waals surface area (Å²) in [6.07, 6.45) is 1.24. The van der Waals surface area contributed by atoms with E-state index in [0.29, 0.717) is 23.0 Å². The Morgan fingerprint density at radius 1 is 1.50 bits per heavy atom. The highest BCUT2D eigenvalue weighted by molar-refractivity contribution is 6.30. The third kappa shape index (κ3) is 3.82. The summed E-state index contributed by atoms with van der Waals surface area (Å²) < 4.78 is 28.9. The summed E-state index contributed by atoms with van der Waals surface area (Å²) in [7, 11) is 0. The average Bonchev–Trinajstić information content (AvgIpc) is 2.98. The summed E-state index contributed by atoms with van der Waals surface area (Å²) in [5.41, 5.74) is 0.663. The van der Waals surface area contributed by atoms with Crippen LogP contribution in [0.25, 0.3) is 0 Å². The zero-order chi connectivity index (χ0) is 13.1. The summed E-state index contributed by atoms with van der Waals surface area (Å²) in [4.78, 5) is 0. The van der Waals surface area contributed by atoms with Crippen molar-refractivity contribution < 1.29 is 13.5 Å². The van der Waals surface area contributed by atoms with Gasteiger partial charge in [-0.15, -0.1) is 0 Å². The fraction of sp³-hybridized carbons (Fsp3) is 0.538. The molecule has 0 aliphatic heterocycles. The molecule has 2 unspecified atom stereocenters. The first kappa shape index (κ1) is 13.6. The number of ether oxygens (including phenoxy) is 1. The largest absolute Gasteiger partial charge is 0.434 e. The van der Waals surface area contributed by atoms with Gasteiger partial charge in [-0.05, 0) is 43.0 Å². The van der Waals surface area contributed by atoms with Crippen LogP contribution >= 0.6 is 11.6 Å². The molecule has 0 amide bonds. The van der Waals surface area contributed by atoms with E-state index in [1.165, 1.54) is 12.5 Å². The van der Waals surface area contributed by atoms with Gasteiger partial charge >= 0.3 is 6.61 Å². The normalized spacial score (nSPS) is 22.3. The predicted molar refractivity (Wildman–Crippen MR) is 67.1 cm³/mol. The molecule has 18 heavy (non-hydrogen) atoms. The van der Waals surface area contributed by atoms with E-state index in [9.17, 15) is 8.78 Å². The maximum atomic E-state index is 12.2. The Morgan fingerprint density at radius 2 is 2.22 bits per heavy atom. The molecular formula is C13H16ClF2NO. The molecule has 1 saturated carbocycles. The highest BCUT2D eigenvalue weighted by Gasteiger charge is 2.31. The first-order valence-electron chi connectivity index (χ1n) is 6.00. The molecule has 0 bridgehead atoms. The maximum absolute atomic E-state index is 12.2. The number of halogens is 3. The molecule has 1 aliphatic rings. The van der Waals surface area contributed by atoms with Gasteiger partial charge in [-0.2, -0.15) is 8.78 Å². The van der Waals surface area contributed by atoms with Crippen molar-refractivity contribution in [3.05, 3.63) is 28.8 Å². The topological polar surface area (TPSA) is 21.3 Å². The van der Waals surface area contributed by atoms with Gasteiger partial charge in [-0.25, -0.2) is 0 Å². The van der Waals surface area contributed by atoms with Crippen LogP contribution in [0.3, 0.4) is 0 Å². The summed E-state index contributed by atoms with van der Waals surface area (Å²) in [5, 5.41) is 3.77. The van der Waals surface area contributed by atoms with Crippen molar-refractivity contribution >= 4 is 11.6 Å². The Hall–Kier alpha value is -0.870. The summed E-state index contributed by atoms with van der Waals surface area (Å²) in [6, 6.07) is 4.68. The van der Waals surface area contributed by atoms with Crippen LogP contribution in [0.5, 0.6) is 5.75 Å². The van der Waals surface area contributed by atoms with E-state index in [4.69, 9.17) is 11.6 Å². The van der Waals surface area contributed by atoms with Gasteiger partial charge in [0.1, 0.15) is 5.75 Å². The molecule has 0 saturated heterocycles. The van der Waals surface area contributed by atoms with Gasteiger partial charge in [0.2, 0.25) is 0 Å². The lowest BCUT2D eigenvalue weighted by atomic mass is 10.2. The molecule has 2 nitrogen and oxygen atoms in total. The van der Waals surface area contributed by atoms with Crippen molar-refractivity contribution in [1.82, 2.24) is 5.32 Å². The zero-order valence-electron chi connectivity index (χ0n) is 10.1. The van der Waals surface area contributed by atoms with Crippen LogP contribution in [0.2, 0.25) is 5.02 Å². The van der Waals surface area contributed by atoms with Crippen LogP contribution in [0, 0.1) is 11.8 Å². The molecule has 1 fully saturated rings. The van der Waals surface area contributed by atoms with E-state index in [1.54, 1.807) is 12.1 Å². The number of rotatable bonds is 6. The van der Waals surface area contributed by atoms with E-state index in [1.807, 2.05) is 0 Å². The molecule has 100 valence electrons. The Bertz CT molecular complexity index is 414. The van der Waals surface area contributed by atoms with Gasteiger partial charge in [0.25, 0.3) is 0 Å². The Labute approximate surface area is 110 Å². The zero-order valence-corrected chi connectivity index (χ0v) is 10.9. The van der Waals surface area contributed by atoms with E-state index in [-0.39, 0.29) is 5.75 Å². The second-order valence-electron chi connectivity index (χ2n) is 4.73. The van der Waals surface area contributed by atoms with Crippen molar-refractivity contribution in [2.75, 3.05) is 6.54 Å². The predicted octanol–water partition coefficient (Wildman–Crippen LogP) is 3.69. The van der Waals surface area contributed by atoms with Crippen LogP contribution in [0.4, 0.5) is 8.78 Å². The Kier molecular flexibility index (Phi) is 4.40. The second-order valence-corrected chi connectivity index (χ2v) is 5.17. The molecule has 0 aromatic heterocycles. The molecule has 2 rings (SSSR count). The fourth-order valence-corrected chi connectivity index (χ4v) is 2.17. The second kappa shape index (κ2) is 5.85. The third-order valence-corrected chi connectivity index (χ3v) is 3.47. The highest BCUT2D eigenvalue weighted by atomic mass is 35.5. The average molecular weight is 276 g/mol. The molecule has 1 N–H and O–H groups in total. The lowest BCUT2D eigenvalue weighted by Crippen LogP contribution is -2.18. The fourth-order valence-electron chi connectivity index (χ4n) is 1.97. The quantitative estimate of drug-likeness (QED) is 0.855. The van der Waals surface area contributed by atoms with Crippen molar-refractivity contribution in [1.29, 1.82) is 0 Å². The molecule has 0 spiro atoms. The minimum Gasteiger partial charge on any atom is -0.434 e. The minimum absolute atomic E-state index is 0.186. The number of nitrogens with one attached hydrogen (secondary N) is 1. The van der Waals surface area contributed by atoms with E-state index >= 15 is 0 Å². The van der Waals surface area contributed by atoms with Gasteiger partial charge in [-0.3, -0.25) is 0 Å². The molecular weight excluding hydrogens is 260 g/mol. The van der Waals surface area contributed by atoms with Crippen LogP contribution in [0.1, 0.15) is 18.9 Å². The molecule has 1 aromatic carbocycles. The van der Waals surface area contributed by atoms with Gasteiger partial charge in [0, 0.05) is 17.1 Å². The molecule has 1 aromatic rings. The minimum atomic E-state index is -2.81. The summed E-state index contributed by atoms with van der Waals surface area (Å²) >= 11 is 5.86. The third-order valence-electron chi connectivity index (χ3n) is 3.24. The first-order valence-corrected chi connectivity index (χ1v) is 6.38. The highest BCUT2D eigenvalue weighted by Crippen LogP contribution is 2.36. The van der Waals surface area contributed by atoms with Gasteiger partial charge < -0.3 is 10.1 Å². The van der Waals surface area contributed by atoms with Crippen LogP contribution in [-0.4, -0.2) is 13.2 Å². The van der Waals surface area contributed by atoms with Gasteiger partial charge in [0.15, 0.2) is 0 Å². The van der Waals surface area contributed by atoms with Crippen LogP contribution < -0.4 is 10.1 Å². The molecule has 0 heterocycles. The van der Waals surface area contributed by atoms with Crippen molar-refractivity contribution in [2.24, 2.45) is 11.8 Å². The smallest absolute Gasteiger partial charge is 0.387 e. The lowest BCUT2D eigenvalue weighted by Gasteiger charge is -2.12. The lowest BCUT2D eigenvalue weighted by molar-refractivity contribution is -0.0504. The van der Waals surface area contributed by atoms with E-state index in [0.717, 1.165) is 12.5 Å². The van der Waals surface area contributed by atoms with E-state index in [2.05, 4.69) is 17.0 Å². The summed E-state index contributed by atoms with van der Waals surface area (Å²) in [6.45, 7) is 0.790. The molecule has 0 radical (unpaired) electrons. The first-order chi connectivity index (χ1) is 8.56. The van der Waals surface area contributed by atoms with Crippen LogP contribution in [0.15, 0.2) is 18.2 Å². The van der Waals surface area contributed by atoms with Crippen molar-refractivity contribution in [2.45, 2.75) is 26.5 Å². The van der Waals surface area contributed by atoms with Crippen molar-refractivity contribution in [3.8, 4) is 5.75 Å². The Morgan fingerprint density at radius 3 is 2.83 bits per heavy atom. The number of hydrogen-bond acceptors (Lipinski definition) is 2. The van der Waals surface area contributed by atoms with Crippen LogP contribution in [-0.2, 0) is 6.54 Å².